The first-order valence-electron chi connectivity index (χ1n) is 8.79. The van der Waals surface area contributed by atoms with Crippen molar-refractivity contribution in [2.75, 3.05) is 13.6 Å². The molecule has 3 rings (SSSR count). The number of carbonyl (C=O) groups excluding carboxylic acids is 1. The molecule has 0 atom stereocenters. The summed E-state index contributed by atoms with van der Waals surface area (Å²) in [4.78, 5) is 14.6. The molecule has 3 nitrogen and oxygen atoms in total. The fourth-order valence-corrected chi connectivity index (χ4v) is 2.74. The molecule has 26 heavy (non-hydrogen) atoms. The van der Waals surface area contributed by atoms with E-state index in [2.05, 4.69) is 17.0 Å². The number of para-hydroxylation sites is 1. The monoisotopic (exact) mass is 345 g/mol. The number of ether oxygens (including phenoxy) is 1. The smallest absolute Gasteiger partial charge is 0.164 e. The molecule has 3 heteroatoms. The second-order valence-electron chi connectivity index (χ2n) is 6.34. The molecule has 0 heterocycles. The minimum atomic E-state index is 0.149. The Morgan fingerprint density at radius 2 is 1.38 bits per heavy atom. The number of nitrogens with zero attached hydrogens (tertiary/aromatic N) is 1. The predicted octanol–water partition coefficient (Wildman–Crippen LogP) is 5.18. The van der Waals surface area contributed by atoms with E-state index in [1.165, 1.54) is 5.56 Å². The summed E-state index contributed by atoms with van der Waals surface area (Å²) in [6.07, 6.45) is 0.502. The zero-order chi connectivity index (χ0) is 18.2. The summed E-state index contributed by atoms with van der Waals surface area (Å²) in [5, 5.41) is 0. The first-order valence-corrected chi connectivity index (χ1v) is 8.79. The van der Waals surface area contributed by atoms with Crippen molar-refractivity contribution < 1.29 is 9.53 Å². The average Bonchev–Trinajstić information content (AvgIpc) is 2.68. The molecule has 132 valence electrons. The van der Waals surface area contributed by atoms with Crippen LogP contribution in [0.3, 0.4) is 0 Å². The maximum absolute atomic E-state index is 12.4. The molecule has 0 bridgehead atoms. The predicted molar refractivity (Wildman–Crippen MR) is 105 cm³/mol. The van der Waals surface area contributed by atoms with Crippen LogP contribution in [0.2, 0.25) is 0 Å². The number of hydrogen-bond donors (Lipinski definition) is 0. The highest BCUT2D eigenvalue weighted by Crippen LogP contribution is 2.21. The lowest BCUT2D eigenvalue weighted by Crippen LogP contribution is -2.21. The Bertz CT molecular complexity index is 814. The van der Waals surface area contributed by atoms with Gasteiger partial charge >= 0.3 is 0 Å². The molecule has 0 spiro atoms. The molecular formula is C23H23NO2. The minimum Gasteiger partial charge on any atom is -0.457 e. The van der Waals surface area contributed by atoms with Crippen LogP contribution in [-0.4, -0.2) is 24.3 Å². The quantitative estimate of drug-likeness (QED) is 0.527. The number of benzene rings is 3. The van der Waals surface area contributed by atoms with Gasteiger partial charge in [0.05, 0.1) is 0 Å². The van der Waals surface area contributed by atoms with Crippen molar-refractivity contribution in [2.24, 2.45) is 0 Å². The van der Waals surface area contributed by atoms with Crippen LogP contribution >= 0.6 is 0 Å². The van der Waals surface area contributed by atoms with Gasteiger partial charge in [-0.05, 0) is 49.0 Å². The number of carbonyl (C=O) groups is 1. The van der Waals surface area contributed by atoms with E-state index in [0.717, 1.165) is 30.2 Å². The van der Waals surface area contributed by atoms with Crippen LogP contribution in [0.4, 0.5) is 0 Å². The van der Waals surface area contributed by atoms with Gasteiger partial charge in [-0.1, -0.05) is 48.5 Å². The van der Waals surface area contributed by atoms with E-state index in [9.17, 15) is 4.79 Å². The zero-order valence-electron chi connectivity index (χ0n) is 15.0. The molecule has 0 aliphatic rings. The number of hydrogen-bond acceptors (Lipinski definition) is 3. The molecule has 0 aromatic heterocycles. The van der Waals surface area contributed by atoms with Gasteiger partial charge in [0.15, 0.2) is 5.78 Å². The third kappa shape index (κ3) is 5.30. The van der Waals surface area contributed by atoms with Crippen LogP contribution in [0, 0.1) is 0 Å². The molecule has 0 saturated carbocycles. The highest BCUT2D eigenvalue weighted by Gasteiger charge is 2.08. The van der Waals surface area contributed by atoms with Gasteiger partial charge in [0, 0.05) is 25.1 Å². The highest BCUT2D eigenvalue weighted by atomic mass is 16.5. The summed E-state index contributed by atoms with van der Waals surface area (Å²) in [6, 6.07) is 27.2. The maximum Gasteiger partial charge on any atom is 0.164 e. The fourth-order valence-electron chi connectivity index (χ4n) is 2.74. The van der Waals surface area contributed by atoms with Crippen molar-refractivity contribution in [1.29, 1.82) is 0 Å². The Balaban J connectivity index is 1.50. The van der Waals surface area contributed by atoms with Crippen molar-refractivity contribution in [1.82, 2.24) is 4.90 Å². The Morgan fingerprint density at radius 1 is 0.808 bits per heavy atom. The van der Waals surface area contributed by atoms with E-state index in [0.29, 0.717) is 6.42 Å². The number of ketones is 1. The van der Waals surface area contributed by atoms with E-state index in [1.54, 1.807) is 0 Å². The molecule has 0 radical (unpaired) electrons. The Kier molecular flexibility index (Phi) is 6.18. The Morgan fingerprint density at radius 3 is 2.04 bits per heavy atom. The molecule has 0 unspecified atom stereocenters. The van der Waals surface area contributed by atoms with E-state index >= 15 is 0 Å². The van der Waals surface area contributed by atoms with Crippen molar-refractivity contribution in [2.45, 2.75) is 13.0 Å². The summed E-state index contributed by atoms with van der Waals surface area (Å²) >= 11 is 0. The molecule has 0 amide bonds. The van der Waals surface area contributed by atoms with E-state index < -0.39 is 0 Å². The van der Waals surface area contributed by atoms with Crippen LogP contribution in [0.1, 0.15) is 22.3 Å². The average molecular weight is 345 g/mol. The molecule has 0 saturated heterocycles. The van der Waals surface area contributed by atoms with Gasteiger partial charge in [-0.3, -0.25) is 4.79 Å². The first-order chi connectivity index (χ1) is 12.7. The lowest BCUT2D eigenvalue weighted by Gasteiger charge is -2.16. The zero-order valence-corrected chi connectivity index (χ0v) is 15.0. The van der Waals surface area contributed by atoms with Crippen molar-refractivity contribution in [3.05, 3.63) is 96.1 Å². The fraction of sp³-hybridized carbons (Fsp3) is 0.174. The van der Waals surface area contributed by atoms with Crippen LogP contribution in [-0.2, 0) is 6.54 Å². The van der Waals surface area contributed by atoms with Gasteiger partial charge in [0.1, 0.15) is 11.5 Å². The molecule has 3 aromatic carbocycles. The normalized spacial score (nSPS) is 10.7. The lowest BCUT2D eigenvalue weighted by atomic mass is 10.1. The summed E-state index contributed by atoms with van der Waals surface area (Å²) in [5.41, 5.74) is 1.98. The second kappa shape index (κ2) is 8.97. The minimum absolute atomic E-state index is 0.149. The largest absolute Gasteiger partial charge is 0.457 e. The molecule has 0 aliphatic heterocycles. The number of Topliss-reactive ketones (excluding diaryl/α,β-unsaturated/α-hetero) is 1. The van der Waals surface area contributed by atoms with Crippen molar-refractivity contribution in [3.63, 3.8) is 0 Å². The van der Waals surface area contributed by atoms with Crippen molar-refractivity contribution in [3.8, 4) is 11.5 Å². The van der Waals surface area contributed by atoms with Gasteiger partial charge in [0.25, 0.3) is 0 Å². The Hall–Kier alpha value is -2.91. The molecule has 0 fully saturated rings. The SMILES string of the molecule is CN(CCC(=O)c1ccc(Oc2ccccc2)cc1)Cc1ccccc1. The molecule has 3 aromatic rings. The highest BCUT2D eigenvalue weighted by molar-refractivity contribution is 5.96. The number of rotatable bonds is 8. The standard InChI is InChI=1S/C23H23NO2/c1-24(18-19-8-4-2-5-9-19)17-16-23(25)20-12-14-22(15-13-20)26-21-10-6-3-7-11-21/h2-15H,16-18H2,1H3. The van der Waals surface area contributed by atoms with Crippen LogP contribution in [0.25, 0.3) is 0 Å². The maximum atomic E-state index is 12.4. The summed E-state index contributed by atoms with van der Waals surface area (Å²) in [6.45, 7) is 1.58. The van der Waals surface area contributed by atoms with E-state index in [1.807, 2.05) is 79.8 Å². The van der Waals surface area contributed by atoms with Crippen LogP contribution in [0.15, 0.2) is 84.9 Å². The topological polar surface area (TPSA) is 29.5 Å². The second-order valence-corrected chi connectivity index (χ2v) is 6.34. The summed E-state index contributed by atoms with van der Waals surface area (Å²) in [7, 11) is 2.04. The third-order valence-corrected chi connectivity index (χ3v) is 4.17. The first kappa shape index (κ1) is 17.9. The summed E-state index contributed by atoms with van der Waals surface area (Å²) < 4.78 is 5.76. The molecular weight excluding hydrogens is 322 g/mol. The van der Waals surface area contributed by atoms with Gasteiger partial charge in [-0.15, -0.1) is 0 Å². The lowest BCUT2D eigenvalue weighted by molar-refractivity contribution is 0.0968. The summed E-state index contributed by atoms with van der Waals surface area (Å²) in [5.74, 6) is 1.67. The molecule has 0 aliphatic carbocycles. The van der Waals surface area contributed by atoms with Gasteiger partial charge in [0.2, 0.25) is 0 Å². The molecule has 0 N–H and O–H groups in total. The van der Waals surface area contributed by atoms with Gasteiger partial charge < -0.3 is 9.64 Å². The van der Waals surface area contributed by atoms with Gasteiger partial charge in [-0.2, -0.15) is 0 Å². The van der Waals surface area contributed by atoms with Crippen LogP contribution in [0.5, 0.6) is 11.5 Å². The van der Waals surface area contributed by atoms with Crippen LogP contribution < -0.4 is 4.74 Å². The van der Waals surface area contributed by atoms with E-state index in [-0.39, 0.29) is 5.78 Å². The van der Waals surface area contributed by atoms with E-state index in [4.69, 9.17) is 4.74 Å². The van der Waals surface area contributed by atoms with Gasteiger partial charge in [-0.25, -0.2) is 0 Å². The third-order valence-electron chi connectivity index (χ3n) is 4.17. The Labute approximate surface area is 154 Å². The van der Waals surface area contributed by atoms with Crippen molar-refractivity contribution >= 4 is 5.78 Å².